The lowest BCUT2D eigenvalue weighted by molar-refractivity contribution is 0.243. The molecule has 0 radical (unpaired) electrons. The average Bonchev–Trinajstić information content (AvgIpc) is 2.73. The smallest absolute Gasteiger partial charge is 0.142 e. The minimum Gasteiger partial charge on any atom is -0.489 e. The van der Waals surface area contributed by atoms with Crippen LogP contribution in [0.3, 0.4) is 0 Å². The third-order valence-electron chi connectivity index (χ3n) is 2.63. The van der Waals surface area contributed by atoms with E-state index in [1.165, 1.54) is 0 Å². The van der Waals surface area contributed by atoms with Crippen LogP contribution in [0.15, 0.2) is 30.6 Å². The number of nitrogens with one attached hydrogen (secondary N) is 2. The summed E-state index contributed by atoms with van der Waals surface area (Å²) in [5, 5.41) is 3.35. The summed E-state index contributed by atoms with van der Waals surface area (Å²) < 4.78 is 5.75. The van der Waals surface area contributed by atoms with E-state index in [1.807, 2.05) is 45.0 Å². The number of benzene rings is 1. The largest absolute Gasteiger partial charge is 0.489 e. The lowest BCUT2D eigenvalue weighted by Gasteiger charge is -2.15. The predicted molar refractivity (Wildman–Crippen MR) is 72.9 cm³/mol. The molecule has 0 saturated heterocycles. The fourth-order valence-corrected chi connectivity index (χ4v) is 1.71. The highest BCUT2D eigenvalue weighted by Gasteiger charge is 2.06. The number of aromatic amines is 1. The number of aryl methyl sites for hydroxylation is 1. The van der Waals surface area contributed by atoms with Crippen LogP contribution in [-0.2, 0) is 6.54 Å². The zero-order valence-electron chi connectivity index (χ0n) is 11.0. The van der Waals surface area contributed by atoms with Crippen LogP contribution in [0.5, 0.6) is 5.75 Å². The molecule has 96 valence electrons. The first-order valence-corrected chi connectivity index (χ1v) is 6.15. The van der Waals surface area contributed by atoms with E-state index < -0.39 is 0 Å². The van der Waals surface area contributed by atoms with Crippen LogP contribution in [0.2, 0.25) is 0 Å². The molecule has 1 aromatic carbocycles. The molecule has 0 saturated carbocycles. The van der Waals surface area contributed by atoms with Gasteiger partial charge in [-0.15, -0.1) is 0 Å². The van der Waals surface area contributed by atoms with Gasteiger partial charge in [0.1, 0.15) is 5.75 Å². The van der Waals surface area contributed by atoms with Crippen molar-refractivity contribution in [2.75, 3.05) is 5.32 Å². The van der Waals surface area contributed by atoms with Gasteiger partial charge in [-0.25, -0.2) is 4.98 Å². The first-order chi connectivity index (χ1) is 8.66. The highest BCUT2D eigenvalue weighted by molar-refractivity contribution is 5.56. The maximum Gasteiger partial charge on any atom is 0.142 e. The summed E-state index contributed by atoms with van der Waals surface area (Å²) in [5.74, 6) is 0.876. The Morgan fingerprint density at radius 1 is 1.33 bits per heavy atom. The molecule has 1 heterocycles. The van der Waals surface area contributed by atoms with Gasteiger partial charge in [0.15, 0.2) is 0 Å². The van der Waals surface area contributed by atoms with Crippen LogP contribution in [0.4, 0.5) is 5.69 Å². The number of ether oxygens (including phenoxy) is 1. The quantitative estimate of drug-likeness (QED) is 0.851. The number of nitrogens with zero attached hydrogens (tertiary/aromatic N) is 1. The molecule has 1 aromatic heterocycles. The molecule has 4 nitrogen and oxygen atoms in total. The Bertz CT molecular complexity index is 505. The van der Waals surface area contributed by atoms with Crippen molar-refractivity contribution in [3.63, 3.8) is 0 Å². The van der Waals surface area contributed by atoms with Gasteiger partial charge in [0, 0.05) is 5.69 Å². The minimum absolute atomic E-state index is 0.167. The maximum atomic E-state index is 5.75. The van der Waals surface area contributed by atoms with Crippen LogP contribution in [0.25, 0.3) is 0 Å². The molecular weight excluding hydrogens is 226 g/mol. The Labute approximate surface area is 107 Å². The fourth-order valence-electron chi connectivity index (χ4n) is 1.71. The molecule has 2 rings (SSSR count). The van der Waals surface area contributed by atoms with Crippen molar-refractivity contribution in [3.05, 3.63) is 42.0 Å². The van der Waals surface area contributed by atoms with Gasteiger partial charge in [-0.2, -0.15) is 0 Å². The molecule has 18 heavy (non-hydrogen) atoms. The van der Waals surface area contributed by atoms with Crippen molar-refractivity contribution < 1.29 is 4.74 Å². The molecule has 0 aliphatic rings. The number of anilines is 1. The van der Waals surface area contributed by atoms with Gasteiger partial charge in [0.25, 0.3) is 0 Å². The summed E-state index contributed by atoms with van der Waals surface area (Å²) in [6.07, 6.45) is 1.88. The van der Waals surface area contributed by atoms with Gasteiger partial charge < -0.3 is 15.0 Å². The number of hydrogen-bond donors (Lipinski definition) is 2. The average molecular weight is 245 g/mol. The van der Waals surface area contributed by atoms with E-state index >= 15 is 0 Å². The number of para-hydroxylation sites is 2. The van der Waals surface area contributed by atoms with E-state index in [1.54, 1.807) is 6.33 Å². The number of aromatic nitrogens is 2. The molecule has 4 heteroatoms. The third kappa shape index (κ3) is 3.03. The van der Waals surface area contributed by atoms with Gasteiger partial charge >= 0.3 is 0 Å². The first-order valence-electron chi connectivity index (χ1n) is 6.15. The number of rotatable bonds is 5. The van der Waals surface area contributed by atoms with Crippen LogP contribution >= 0.6 is 0 Å². The molecule has 2 N–H and O–H groups in total. The Hall–Kier alpha value is -1.97. The summed E-state index contributed by atoms with van der Waals surface area (Å²) in [5.41, 5.74) is 3.10. The molecule has 0 atom stereocenters. The summed E-state index contributed by atoms with van der Waals surface area (Å²) >= 11 is 0. The second kappa shape index (κ2) is 5.58. The molecule has 0 aliphatic heterocycles. The summed E-state index contributed by atoms with van der Waals surface area (Å²) in [4.78, 5) is 7.33. The predicted octanol–water partition coefficient (Wildman–Crippen LogP) is 3.12. The minimum atomic E-state index is 0.167. The van der Waals surface area contributed by atoms with Crippen LogP contribution in [0, 0.1) is 6.92 Å². The lowest BCUT2D eigenvalue weighted by Crippen LogP contribution is -2.09. The van der Waals surface area contributed by atoms with Crippen molar-refractivity contribution in [2.24, 2.45) is 0 Å². The van der Waals surface area contributed by atoms with Crippen LogP contribution < -0.4 is 10.1 Å². The molecule has 0 bridgehead atoms. The van der Waals surface area contributed by atoms with Gasteiger partial charge in [-0.05, 0) is 32.9 Å². The van der Waals surface area contributed by atoms with Crippen LogP contribution in [0.1, 0.15) is 25.2 Å². The normalized spacial score (nSPS) is 10.7. The van der Waals surface area contributed by atoms with Crippen molar-refractivity contribution in [3.8, 4) is 5.75 Å². The highest BCUT2D eigenvalue weighted by Crippen LogP contribution is 2.25. The standard InChI is InChI=1S/C14H19N3O/c1-10(2)18-14-7-5-4-6-12(14)15-8-13-11(3)16-9-17-13/h4-7,9-10,15H,8H2,1-3H3,(H,16,17). The first kappa shape index (κ1) is 12.5. The second-order valence-corrected chi connectivity index (χ2v) is 4.49. The molecule has 0 amide bonds. The van der Waals surface area contributed by atoms with Crippen LogP contribution in [-0.4, -0.2) is 16.1 Å². The van der Waals surface area contributed by atoms with E-state index in [0.717, 1.165) is 22.8 Å². The SMILES string of the molecule is Cc1[nH]cnc1CNc1ccccc1OC(C)C. The van der Waals surface area contributed by atoms with Gasteiger partial charge in [0.2, 0.25) is 0 Å². The number of hydrogen-bond acceptors (Lipinski definition) is 3. The third-order valence-corrected chi connectivity index (χ3v) is 2.63. The Morgan fingerprint density at radius 2 is 2.11 bits per heavy atom. The summed E-state index contributed by atoms with van der Waals surface area (Å²) in [7, 11) is 0. The van der Waals surface area contributed by atoms with Crippen molar-refractivity contribution >= 4 is 5.69 Å². The Kier molecular flexibility index (Phi) is 3.87. The Morgan fingerprint density at radius 3 is 2.78 bits per heavy atom. The zero-order valence-corrected chi connectivity index (χ0v) is 11.0. The van der Waals surface area contributed by atoms with E-state index in [9.17, 15) is 0 Å². The van der Waals surface area contributed by atoms with Crippen molar-refractivity contribution in [1.29, 1.82) is 0 Å². The maximum absolute atomic E-state index is 5.75. The number of imidazole rings is 1. The number of H-pyrrole nitrogens is 1. The highest BCUT2D eigenvalue weighted by atomic mass is 16.5. The summed E-state index contributed by atoms with van der Waals surface area (Å²) in [6, 6.07) is 7.95. The molecular formula is C14H19N3O. The van der Waals surface area contributed by atoms with Crippen molar-refractivity contribution in [2.45, 2.75) is 33.4 Å². The van der Waals surface area contributed by atoms with E-state index in [-0.39, 0.29) is 6.10 Å². The second-order valence-electron chi connectivity index (χ2n) is 4.49. The van der Waals surface area contributed by atoms with E-state index in [2.05, 4.69) is 15.3 Å². The summed E-state index contributed by atoms with van der Waals surface area (Å²) in [6.45, 7) is 6.75. The molecule has 0 spiro atoms. The Balaban J connectivity index is 2.07. The monoisotopic (exact) mass is 245 g/mol. The lowest BCUT2D eigenvalue weighted by atomic mass is 10.2. The van der Waals surface area contributed by atoms with E-state index in [4.69, 9.17) is 4.74 Å². The molecule has 0 fully saturated rings. The topological polar surface area (TPSA) is 49.9 Å². The van der Waals surface area contributed by atoms with Gasteiger partial charge in [-0.3, -0.25) is 0 Å². The molecule has 0 unspecified atom stereocenters. The van der Waals surface area contributed by atoms with E-state index in [0.29, 0.717) is 6.54 Å². The molecule has 0 aliphatic carbocycles. The van der Waals surface area contributed by atoms with Crippen molar-refractivity contribution in [1.82, 2.24) is 9.97 Å². The van der Waals surface area contributed by atoms with Gasteiger partial charge in [-0.1, -0.05) is 12.1 Å². The van der Waals surface area contributed by atoms with Gasteiger partial charge in [0.05, 0.1) is 30.4 Å². The molecule has 2 aromatic rings. The zero-order chi connectivity index (χ0) is 13.0. The fraction of sp³-hybridized carbons (Fsp3) is 0.357.